The van der Waals surface area contributed by atoms with E-state index in [2.05, 4.69) is 51.6 Å². The maximum atomic E-state index is 5.97. The van der Waals surface area contributed by atoms with Gasteiger partial charge in [0.05, 0.1) is 7.05 Å². The number of anilines is 3. The lowest BCUT2D eigenvalue weighted by molar-refractivity contribution is -0.927. The van der Waals surface area contributed by atoms with Gasteiger partial charge in [-0.1, -0.05) is 42.5 Å². The summed E-state index contributed by atoms with van der Waals surface area (Å²) >= 11 is 0. The van der Waals surface area contributed by atoms with Gasteiger partial charge in [0.25, 0.3) is 0 Å². The number of para-hydroxylation sites is 1. The number of nitrogens with one attached hydrogen (secondary N) is 2. The van der Waals surface area contributed by atoms with E-state index in [1.165, 1.54) is 35.3 Å². The van der Waals surface area contributed by atoms with E-state index in [4.69, 9.17) is 5.73 Å². The number of nitrogens with zero attached hydrogens (tertiary/aromatic N) is 3. The number of rotatable bonds is 5. The van der Waals surface area contributed by atoms with E-state index in [0.29, 0.717) is 24.4 Å². The number of fused-ring (bicyclic) bond motifs is 1. The van der Waals surface area contributed by atoms with Crippen LogP contribution < -0.4 is 16.0 Å². The first-order valence-corrected chi connectivity index (χ1v) is 9.83. The molecule has 3 aromatic rings. The van der Waals surface area contributed by atoms with Gasteiger partial charge in [-0.15, -0.1) is 0 Å². The van der Waals surface area contributed by atoms with Crippen LogP contribution in [0.1, 0.15) is 41.4 Å². The van der Waals surface area contributed by atoms with Gasteiger partial charge in [-0.05, 0) is 37.0 Å². The molecule has 0 fully saturated rings. The zero-order chi connectivity index (χ0) is 19.5. The number of hydrogen-bond donors (Lipinski definition) is 3. The van der Waals surface area contributed by atoms with Gasteiger partial charge >= 0.3 is 0 Å². The average Bonchev–Trinajstić information content (AvgIpc) is 2.69. The smallest absolute Gasteiger partial charge is 0.232 e. The molecule has 1 aliphatic rings. The van der Waals surface area contributed by atoms with Crippen molar-refractivity contribution in [2.24, 2.45) is 0 Å². The predicted molar refractivity (Wildman–Crippen MR) is 111 cm³/mol. The number of benzene rings is 2. The van der Waals surface area contributed by atoms with Crippen molar-refractivity contribution in [3.05, 3.63) is 71.0 Å². The van der Waals surface area contributed by atoms with Gasteiger partial charge in [0, 0.05) is 17.7 Å². The zero-order valence-corrected chi connectivity index (χ0v) is 16.4. The highest BCUT2D eigenvalue weighted by atomic mass is 15.2. The summed E-state index contributed by atoms with van der Waals surface area (Å²) in [6, 6.07) is 17.3. The third-order valence-corrected chi connectivity index (χ3v) is 5.49. The van der Waals surface area contributed by atoms with Crippen LogP contribution in [0.5, 0.6) is 0 Å². The molecule has 144 valence electrons. The lowest BCUT2D eigenvalue weighted by Gasteiger charge is -2.30. The fourth-order valence-corrected chi connectivity index (χ4v) is 4.04. The molecule has 0 amide bonds. The van der Waals surface area contributed by atoms with E-state index in [0.717, 1.165) is 11.3 Å². The minimum atomic E-state index is 0.248. The quantitative estimate of drug-likeness (QED) is 0.639. The maximum absolute atomic E-state index is 5.97. The van der Waals surface area contributed by atoms with Crippen molar-refractivity contribution in [2.75, 3.05) is 18.1 Å². The summed E-state index contributed by atoms with van der Waals surface area (Å²) in [7, 11) is 2.21. The van der Waals surface area contributed by atoms with Gasteiger partial charge in [-0.3, -0.25) is 0 Å². The van der Waals surface area contributed by atoms with Crippen molar-refractivity contribution in [1.29, 1.82) is 0 Å². The van der Waals surface area contributed by atoms with Crippen LogP contribution in [0.15, 0.2) is 48.5 Å². The molecule has 0 saturated carbocycles. The Kier molecular flexibility index (Phi) is 5.21. The fourth-order valence-electron chi connectivity index (χ4n) is 4.04. The molecule has 1 unspecified atom stereocenters. The minimum absolute atomic E-state index is 0.248. The summed E-state index contributed by atoms with van der Waals surface area (Å²) in [6.45, 7) is 2.75. The summed E-state index contributed by atoms with van der Waals surface area (Å²) in [5.74, 6) is 1.45. The lowest BCUT2D eigenvalue weighted by atomic mass is 9.87. The maximum Gasteiger partial charge on any atom is 0.232 e. The van der Waals surface area contributed by atoms with Gasteiger partial charge < -0.3 is 16.0 Å². The van der Waals surface area contributed by atoms with Crippen molar-refractivity contribution >= 4 is 17.6 Å². The van der Waals surface area contributed by atoms with E-state index < -0.39 is 0 Å². The first kappa shape index (κ1) is 18.4. The van der Waals surface area contributed by atoms with Crippen LogP contribution in [0.2, 0.25) is 0 Å². The van der Waals surface area contributed by atoms with Crippen LogP contribution in [-0.4, -0.2) is 22.0 Å². The van der Waals surface area contributed by atoms with Crippen molar-refractivity contribution in [2.45, 2.75) is 38.8 Å². The van der Waals surface area contributed by atoms with Gasteiger partial charge in [-0.25, -0.2) is 0 Å². The molecule has 0 bridgehead atoms. The monoisotopic (exact) mass is 375 g/mol. The van der Waals surface area contributed by atoms with E-state index >= 15 is 0 Å². The van der Waals surface area contributed by atoms with Crippen LogP contribution in [0.3, 0.4) is 0 Å². The van der Waals surface area contributed by atoms with Crippen molar-refractivity contribution in [3.63, 3.8) is 0 Å². The number of nitrogens with two attached hydrogens (primary N) is 1. The van der Waals surface area contributed by atoms with Crippen LogP contribution in [-0.2, 0) is 13.0 Å². The van der Waals surface area contributed by atoms with Gasteiger partial charge in [0.15, 0.2) is 5.82 Å². The first-order valence-electron chi connectivity index (χ1n) is 9.83. The number of quaternary nitrogens is 1. The highest BCUT2D eigenvalue weighted by molar-refractivity contribution is 5.58. The summed E-state index contributed by atoms with van der Waals surface area (Å²) in [4.78, 5) is 14.6. The number of aromatic nitrogens is 3. The number of hydrogen-bond acceptors (Lipinski definition) is 5. The van der Waals surface area contributed by atoms with Gasteiger partial charge in [0.1, 0.15) is 12.6 Å². The highest BCUT2D eigenvalue weighted by Gasteiger charge is 2.27. The number of nitrogen functional groups attached to an aromatic ring is 1. The Morgan fingerprint density at radius 3 is 2.71 bits per heavy atom. The summed E-state index contributed by atoms with van der Waals surface area (Å²) in [5.41, 5.74) is 11.0. The molecule has 28 heavy (non-hydrogen) atoms. The topological polar surface area (TPSA) is 81.2 Å². The standard InChI is InChI=1S/C22H26N6/c1-15-8-3-6-12-18(15)24-22-26-20(25-21(23)27-22)14-28(2)19-13-7-10-16-9-4-5-11-17(16)19/h3-6,8-9,11-12,19H,7,10,13-14H2,1-2H3,(H3,23,24,25,26,27)/p+1/t19-/m1/s1. The molecule has 0 spiro atoms. The molecule has 4 N–H and O–H groups in total. The molecule has 2 aromatic carbocycles. The molecule has 0 radical (unpaired) electrons. The third-order valence-electron chi connectivity index (χ3n) is 5.49. The van der Waals surface area contributed by atoms with Crippen LogP contribution in [0.4, 0.5) is 17.6 Å². The molecule has 1 aliphatic carbocycles. The second kappa shape index (κ2) is 7.94. The summed E-state index contributed by atoms with van der Waals surface area (Å²) in [5, 5.41) is 3.27. The van der Waals surface area contributed by atoms with E-state index in [1.54, 1.807) is 0 Å². The van der Waals surface area contributed by atoms with Gasteiger partial charge in [0.2, 0.25) is 11.9 Å². The summed E-state index contributed by atoms with van der Waals surface area (Å²) in [6.07, 6.45) is 3.57. The van der Waals surface area contributed by atoms with Crippen LogP contribution in [0.25, 0.3) is 0 Å². The Morgan fingerprint density at radius 2 is 1.86 bits per heavy atom. The normalized spacial score (nSPS) is 17.0. The lowest BCUT2D eigenvalue weighted by Crippen LogP contribution is -3.08. The van der Waals surface area contributed by atoms with E-state index in [-0.39, 0.29) is 5.95 Å². The average molecular weight is 376 g/mol. The Balaban J connectivity index is 1.54. The summed E-state index contributed by atoms with van der Waals surface area (Å²) < 4.78 is 0. The predicted octanol–water partition coefficient (Wildman–Crippen LogP) is 2.60. The van der Waals surface area contributed by atoms with Crippen molar-refractivity contribution in [1.82, 2.24) is 15.0 Å². The Hall–Kier alpha value is -2.99. The highest BCUT2D eigenvalue weighted by Crippen LogP contribution is 2.27. The molecule has 0 aliphatic heterocycles. The zero-order valence-electron chi connectivity index (χ0n) is 16.4. The third kappa shape index (κ3) is 3.97. The largest absolute Gasteiger partial charge is 0.368 e. The Bertz CT molecular complexity index is 971. The minimum Gasteiger partial charge on any atom is -0.368 e. The molecule has 4 rings (SSSR count). The van der Waals surface area contributed by atoms with Crippen molar-refractivity contribution in [3.8, 4) is 0 Å². The number of aryl methyl sites for hydroxylation is 2. The second-order valence-corrected chi connectivity index (χ2v) is 7.54. The molecular formula is C22H27N6+. The molecular weight excluding hydrogens is 348 g/mol. The van der Waals surface area contributed by atoms with Crippen molar-refractivity contribution < 1.29 is 4.90 Å². The molecule has 1 heterocycles. The van der Waals surface area contributed by atoms with E-state index in [1.807, 2.05) is 31.2 Å². The molecule has 2 atom stereocenters. The molecule has 6 nitrogen and oxygen atoms in total. The first-order chi connectivity index (χ1) is 13.6. The Labute approximate surface area is 165 Å². The van der Waals surface area contributed by atoms with Gasteiger partial charge in [-0.2, -0.15) is 15.0 Å². The molecule has 0 saturated heterocycles. The van der Waals surface area contributed by atoms with Crippen LogP contribution in [0, 0.1) is 6.92 Å². The fraction of sp³-hybridized carbons (Fsp3) is 0.318. The van der Waals surface area contributed by atoms with E-state index in [9.17, 15) is 0 Å². The van der Waals surface area contributed by atoms with Crippen LogP contribution >= 0.6 is 0 Å². The Morgan fingerprint density at radius 1 is 1.07 bits per heavy atom. The second-order valence-electron chi connectivity index (χ2n) is 7.54. The SMILES string of the molecule is Cc1ccccc1Nc1nc(N)nc(C[NH+](C)[C@@H]2CCCc3ccccc32)n1. The molecule has 6 heteroatoms. The molecule has 1 aromatic heterocycles.